The first kappa shape index (κ1) is 12.1. The average Bonchev–Trinajstić information content (AvgIpc) is 2.67. The van der Waals surface area contributed by atoms with Crippen molar-refractivity contribution in [2.45, 2.75) is 0 Å². The molecule has 0 atom stereocenters. The van der Waals surface area contributed by atoms with Crippen LogP contribution in [0.2, 0.25) is 0 Å². The van der Waals surface area contributed by atoms with Gasteiger partial charge in [-0.1, -0.05) is 24.1 Å². The second kappa shape index (κ2) is 5.34. The van der Waals surface area contributed by atoms with Crippen LogP contribution in [0.15, 0.2) is 30.0 Å². The van der Waals surface area contributed by atoms with Gasteiger partial charge in [0.1, 0.15) is 18.1 Å². The molecule has 0 aliphatic carbocycles. The van der Waals surface area contributed by atoms with Crippen LogP contribution in [0.3, 0.4) is 0 Å². The van der Waals surface area contributed by atoms with Crippen LogP contribution in [0.25, 0.3) is 6.08 Å². The smallest absolute Gasteiger partial charge is 0.273 e. The van der Waals surface area contributed by atoms with Crippen molar-refractivity contribution in [3.05, 3.63) is 35.5 Å². The highest BCUT2D eigenvalue weighted by atomic mass is 32.1. The van der Waals surface area contributed by atoms with Gasteiger partial charge in [0.05, 0.1) is 0 Å². The molecular formula is C13H10N2O2S. The van der Waals surface area contributed by atoms with E-state index < -0.39 is 0 Å². The number of rotatable bonds is 3. The second-order valence-corrected chi connectivity index (χ2v) is 3.91. The van der Waals surface area contributed by atoms with Crippen LogP contribution in [0.5, 0.6) is 5.75 Å². The van der Waals surface area contributed by atoms with Crippen molar-refractivity contribution >= 4 is 29.3 Å². The molecule has 0 bridgehead atoms. The number of hydrogen-bond acceptors (Lipinski definition) is 3. The Bertz CT molecular complexity index is 573. The molecule has 18 heavy (non-hydrogen) atoms. The fourth-order valence-electron chi connectivity index (χ4n) is 1.49. The van der Waals surface area contributed by atoms with Gasteiger partial charge in [0.15, 0.2) is 5.11 Å². The maximum atomic E-state index is 11.5. The molecule has 1 aromatic carbocycles. The lowest BCUT2D eigenvalue weighted by Gasteiger charge is -2.06. The maximum absolute atomic E-state index is 11.5. The number of para-hydroxylation sites is 1. The third kappa shape index (κ3) is 2.67. The molecule has 2 N–H and O–H groups in total. The van der Waals surface area contributed by atoms with Crippen molar-refractivity contribution in [2.75, 3.05) is 6.61 Å². The van der Waals surface area contributed by atoms with E-state index in [4.69, 9.17) is 23.4 Å². The predicted molar refractivity (Wildman–Crippen MR) is 72.6 cm³/mol. The summed E-state index contributed by atoms with van der Waals surface area (Å²) in [6.45, 7) is 0.179. The van der Waals surface area contributed by atoms with Crippen molar-refractivity contribution in [2.24, 2.45) is 0 Å². The molecule has 1 amide bonds. The molecule has 2 rings (SSSR count). The number of thiocarbonyl (C=S) groups is 1. The molecule has 1 heterocycles. The third-order valence-corrected chi connectivity index (χ3v) is 2.45. The van der Waals surface area contributed by atoms with Gasteiger partial charge in [0.25, 0.3) is 5.91 Å². The van der Waals surface area contributed by atoms with E-state index >= 15 is 0 Å². The van der Waals surface area contributed by atoms with E-state index in [9.17, 15) is 4.79 Å². The Morgan fingerprint density at radius 2 is 2.17 bits per heavy atom. The number of nitrogens with one attached hydrogen (secondary N) is 2. The highest BCUT2D eigenvalue weighted by Crippen LogP contribution is 2.21. The highest BCUT2D eigenvalue weighted by Gasteiger charge is 2.20. The van der Waals surface area contributed by atoms with Gasteiger partial charge in [-0.2, -0.15) is 0 Å². The number of carbonyl (C=O) groups is 1. The monoisotopic (exact) mass is 258 g/mol. The van der Waals surface area contributed by atoms with Gasteiger partial charge >= 0.3 is 0 Å². The van der Waals surface area contributed by atoms with Gasteiger partial charge in [-0.3, -0.25) is 10.1 Å². The van der Waals surface area contributed by atoms with Crippen LogP contribution in [-0.4, -0.2) is 17.6 Å². The van der Waals surface area contributed by atoms with Gasteiger partial charge in [0, 0.05) is 5.56 Å². The number of benzene rings is 1. The molecule has 0 aromatic heterocycles. The van der Waals surface area contributed by atoms with Gasteiger partial charge < -0.3 is 10.1 Å². The molecule has 1 aromatic rings. The zero-order valence-electron chi connectivity index (χ0n) is 9.40. The molecule has 1 saturated heterocycles. The summed E-state index contributed by atoms with van der Waals surface area (Å²) in [7, 11) is 0. The zero-order chi connectivity index (χ0) is 13.0. The van der Waals surface area contributed by atoms with Crippen LogP contribution < -0.4 is 15.4 Å². The summed E-state index contributed by atoms with van der Waals surface area (Å²) >= 11 is 4.85. The van der Waals surface area contributed by atoms with Crippen LogP contribution in [0.1, 0.15) is 5.56 Å². The van der Waals surface area contributed by atoms with Crippen LogP contribution in [0.4, 0.5) is 0 Å². The van der Waals surface area contributed by atoms with E-state index in [0.29, 0.717) is 16.6 Å². The number of carbonyl (C=O) groups excluding carboxylic acids is 1. The van der Waals surface area contributed by atoms with Crippen molar-refractivity contribution in [3.8, 4) is 18.1 Å². The summed E-state index contributed by atoms with van der Waals surface area (Å²) in [5, 5.41) is 5.56. The van der Waals surface area contributed by atoms with Crippen LogP contribution >= 0.6 is 12.2 Å². The molecule has 4 nitrogen and oxygen atoms in total. The van der Waals surface area contributed by atoms with Gasteiger partial charge in [-0.25, -0.2) is 0 Å². The summed E-state index contributed by atoms with van der Waals surface area (Å²) in [5.74, 6) is 2.76. The minimum Gasteiger partial charge on any atom is -0.480 e. The van der Waals surface area contributed by atoms with E-state index in [0.717, 1.165) is 5.56 Å². The summed E-state index contributed by atoms with van der Waals surface area (Å²) in [6, 6.07) is 7.30. The first-order chi connectivity index (χ1) is 8.70. The summed E-state index contributed by atoms with van der Waals surface area (Å²) < 4.78 is 5.39. The molecule has 1 aliphatic heterocycles. The lowest BCUT2D eigenvalue weighted by molar-refractivity contribution is -0.115. The van der Waals surface area contributed by atoms with Crippen molar-refractivity contribution in [3.63, 3.8) is 0 Å². The number of amides is 1. The topological polar surface area (TPSA) is 50.4 Å². The van der Waals surface area contributed by atoms with Crippen LogP contribution in [-0.2, 0) is 4.79 Å². The summed E-state index contributed by atoms with van der Waals surface area (Å²) in [5.41, 5.74) is 1.15. The fraction of sp³-hybridized carbons (Fsp3) is 0.0769. The van der Waals surface area contributed by atoms with Gasteiger partial charge in [0.2, 0.25) is 0 Å². The number of terminal acetylenes is 1. The normalized spacial score (nSPS) is 16.1. The molecule has 90 valence electrons. The highest BCUT2D eigenvalue weighted by molar-refractivity contribution is 7.80. The molecule has 0 unspecified atom stereocenters. The van der Waals surface area contributed by atoms with Gasteiger partial charge in [-0.05, 0) is 24.4 Å². The van der Waals surface area contributed by atoms with E-state index in [1.54, 1.807) is 12.1 Å². The lowest BCUT2D eigenvalue weighted by Crippen LogP contribution is -2.21. The zero-order valence-corrected chi connectivity index (χ0v) is 10.2. The third-order valence-electron chi connectivity index (χ3n) is 2.25. The van der Waals surface area contributed by atoms with Gasteiger partial charge in [-0.15, -0.1) is 6.42 Å². The second-order valence-electron chi connectivity index (χ2n) is 3.50. The van der Waals surface area contributed by atoms with E-state index in [-0.39, 0.29) is 12.5 Å². The van der Waals surface area contributed by atoms with E-state index in [1.807, 2.05) is 18.2 Å². The summed E-state index contributed by atoms with van der Waals surface area (Å²) in [6.07, 6.45) is 6.81. The SMILES string of the molecule is C#CCOc1ccccc1/C=C1\NC(=S)NC1=O. The van der Waals surface area contributed by atoms with E-state index in [1.165, 1.54) is 0 Å². The Morgan fingerprint density at radius 3 is 2.83 bits per heavy atom. The lowest BCUT2D eigenvalue weighted by atomic mass is 10.1. The molecular weight excluding hydrogens is 248 g/mol. The standard InChI is InChI=1S/C13H10N2O2S/c1-2-7-17-11-6-4-3-5-9(11)8-10-12(16)15-13(18)14-10/h1,3-6,8H,7H2,(H2,14,15,16,18)/b10-8-. The van der Waals surface area contributed by atoms with Crippen molar-refractivity contribution in [1.82, 2.24) is 10.6 Å². The average molecular weight is 258 g/mol. The minimum absolute atomic E-state index is 0.179. The van der Waals surface area contributed by atoms with Crippen molar-refractivity contribution < 1.29 is 9.53 Å². The Labute approximate surface area is 110 Å². The van der Waals surface area contributed by atoms with Crippen LogP contribution in [0, 0.1) is 12.3 Å². The Hall–Kier alpha value is -2.32. The molecule has 1 aliphatic rings. The first-order valence-electron chi connectivity index (χ1n) is 5.20. The molecule has 0 radical (unpaired) electrons. The number of hydrogen-bond donors (Lipinski definition) is 2. The first-order valence-corrected chi connectivity index (χ1v) is 5.61. The summed E-state index contributed by atoms with van der Waals surface area (Å²) in [4.78, 5) is 11.5. The minimum atomic E-state index is -0.258. The molecule has 0 spiro atoms. The molecule has 5 heteroatoms. The maximum Gasteiger partial charge on any atom is 0.273 e. The predicted octanol–water partition coefficient (Wildman–Crippen LogP) is 1.04. The Kier molecular flexibility index (Phi) is 3.60. The molecule has 0 saturated carbocycles. The largest absolute Gasteiger partial charge is 0.480 e. The van der Waals surface area contributed by atoms with E-state index in [2.05, 4.69) is 16.6 Å². The number of ether oxygens (including phenoxy) is 1. The Morgan fingerprint density at radius 1 is 1.39 bits per heavy atom. The quantitative estimate of drug-likeness (QED) is 0.483. The fourth-order valence-corrected chi connectivity index (χ4v) is 1.69. The van der Waals surface area contributed by atoms with Crippen molar-refractivity contribution in [1.29, 1.82) is 0 Å². The molecule has 1 fully saturated rings. The Balaban J connectivity index is 2.29.